The largest absolute Gasteiger partial charge is 0.481 e. The first kappa shape index (κ1) is 25.2. The van der Waals surface area contributed by atoms with Gasteiger partial charge in [0.25, 0.3) is 0 Å². The minimum absolute atomic E-state index is 0.0385. The van der Waals surface area contributed by atoms with E-state index in [1.165, 1.54) is 12.0 Å². The second kappa shape index (κ2) is 11.2. The lowest BCUT2D eigenvalue weighted by Gasteiger charge is -2.25. The molecule has 1 atom stereocenters. The molecule has 0 aliphatic carbocycles. The zero-order valence-electron chi connectivity index (χ0n) is 20.4. The maximum atomic E-state index is 13.5. The summed E-state index contributed by atoms with van der Waals surface area (Å²) in [5, 5.41) is 8.97. The fraction of sp³-hybridized carbons (Fsp3) is 0.259. The Balaban J connectivity index is 1.57. The number of fused-ring (bicyclic) bond motifs is 1. The van der Waals surface area contributed by atoms with E-state index in [1.807, 2.05) is 55.5 Å². The van der Waals surface area contributed by atoms with E-state index in [4.69, 9.17) is 16.3 Å². The molecule has 0 fully saturated rings. The van der Waals surface area contributed by atoms with Gasteiger partial charge in [0.05, 0.1) is 35.2 Å². The highest BCUT2D eigenvalue weighted by Gasteiger charge is 2.26. The molecule has 0 spiro atoms. The molecule has 4 aromatic rings. The van der Waals surface area contributed by atoms with E-state index in [0.29, 0.717) is 29.4 Å². The number of hydrogen-bond acceptors (Lipinski definition) is 5. The van der Waals surface area contributed by atoms with Crippen LogP contribution in [0.5, 0.6) is 5.88 Å². The molecular weight excluding hydrogens is 478 g/mol. The van der Waals surface area contributed by atoms with Crippen LogP contribution in [0.25, 0.3) is 10.9 Å². The third kappa shape index (κ3) is 5.49. The van der Waals surface area contributed by atoms with Crippen LogP contribution in [0, 0.1) is 0 Å². The van der Waals surface area contributed by atoms with Gasteiger partial charge in [0.15, 0.2) is 0 Å². The van der Waals surface area contributed by atoms with E-state index in [2.05, 4.69) is 15.4 Å². The summed E-state index contributed by atoms with van der Waals surface area (Å²) >= 11 is 6.40. The number of methoxy groups -OCH3 is 1. The van der Waals surface area contributed by atoms with Crippen molar-refractivity contribution in [1.82, 2.24) is 20.1 Å². The first-order valence-corrected chi connectivity index (χ1v) is 12.0. The zero-order valence-corrected chi connectivity index (χ0v) is 21.2. The molecule has 2 heterocycles. The standard InChI is InChI=1S/C27H28ClN5O3/c1-4-21-26-20(28)11-8-12-23(26)33(31-21)17-24(34)30-22(15-18-9-6-5-7-10-18)27(35)32(2)19-13-14-25(36-3)29-16-19/h5-14,16,22H,4,15,17H2,1-3H3,(H,30,34)/t22-/m0/s1. The minimum atomic E-state index is -0.789. The molecule has 9 heteroatoms. The first-order chi connectivity index (χ1) is 17.4. The van der Waals surface area contributed by atoms with Crippen LogP contribution in [0.15, 0.2) is 66.9 Å². The molecule has 4 rings (SSSR count). The summed E-state index contributed by atoms with van der Waals surface area (Å²) in [6.07, 6.45) is 2.58. The smallest absolute Gasteiger partial charge is 0.249 e. The number of anilines is 1. The lowest BCUT2D eigenvalue weighted by molar-refractivity contribution is -0.127. The number of ether oxygens (including phenoxy) is 1. The van der Waals surface area contributed by atoms with Crippen LogP contribution in [-0.2, 0) is 29.0 Å². The summed E-state index contributed by atoms with van der Waals surface area (Å²) in [5.41, 5.74) is 3.13. The van der Waals surface area contributed by atoms with Gasteiger partial charge in [-0.1, -0.05) is 54.9 Å². The van der Waals surface area contributed by atoms with Gasteiger partial charge >= 0.3 is 0 Å². The van der Waals surface area contributed by atoms with Crippen molar-refractivity contribution in [3.8, 4) is 5.88 Å². The predicted molar refractivity (Wildman–Crippen MR) is 140 cm³/mol. The lowest BCUT2D eigenvalue weighted by atomic mass is 10.0. The van der Waals surface area contributed by atoms with Crippen molar-refractivity contribution in [2.45, 2.75) is 32.4 Å². The van der Waals surface area contributed by atoms with E-state index in [9.17, 15) is 9.59 Å². The molecule has 8 nitrogen and oxygen atoms in total. The molecule has 0 saturated heterocycles. The molecule has 0 aliphatic heterocycles. The molecular formula is C27H28ClN5O3. The summed E-state index contributed by atoms with van der Waals surface area (Å²) in [4.78, 5) is 32.4. The number of nitrogens with one attached hydrogen (secondary N) is 1. The van der Waals surface area contributed by atoms with Crippen LogP contribution in [0.3, 0.4) is 0 Å². The number of amides is 2. The summed E-state index contributed by atoms with van der Waals surface area (Å²) < 4.78 is 6.74. The number of aryl methyl sites for hydroxylation is 1. The Kier molecular flexibility index (Phi) is 7.85. The molecule has 0 bridgehead atoms. The van der Waals surface area contributed by atoms with Crippen LogP contribution >= 0.6 is 11.6 Å². The highest BCUT2D eigenvalue weighted by atomic mass is 35.5. The Morgan fingerprint density at radius 1 is 1.11 bits per heavy atom. The zero-order chi connectivity index (χ0) is 25.7. The molecule has 2 amide bonds. The second-order valence-electron chi connectivity index (χ2n) is 8.36. The molecule has 0 aliphatic rings. The number of rotatable bonds is 9. The number of carbonyl (C=O) groups excluding carboxylic acids is 2. The van der Waals surface area contributed by atoms with Gasteiger partial charge in [-0.15, -0.1) is 0 Å². The fourth-order valence-corrected chi connectivity index (χ4v) is 4.39. The highest BCUT2D eigenvalue weighted by molar-refractivity contribution is 6.35. The van der Waals surface area contributed by atoms with Crippen LogP contribution in [-0.4, -0.2) is 46.8 Å². The van der Waals surface area contributed by atoms with Gasteiger partial charge in [-0.2, -0.15) is 5.10 Å². The van der Waals surface area contributed by atoms with Crippen molar-refractivity contribution in [1.29, 1.82) is 0 Å². The first-order valence-electron chi connectivity index (χ1n) is 11.7. The average molecular weight is 506 g/mol. The second-order valence-corrected chi connectivity index (χ2v) is 8.76. The third-order valence-electron chi connectivity index (χ3n) is 5.99. The summed E-state index contributed by atoms with van der Waals surface area (Å²) in [5.74, 6) is -0.133. The van der Waals surface area contributed by atoms with Crippen molar-refractivity contribution in [3.05, 3.63) is 83.1 Å². The number of aromatic nitrogens is 3. The molecule has 0 saturated carbocycles. The van der Waals surface area contributed by atoms with Gasteiger partial charge in [0.2, 0.25) is 17.7 Å². The van der Waals surface area contributed by atoms with Gasteiger partial charge in [0.1, 0.15) is 12.6 Å². The average Bonchev–Trinajstić information content (AvgIpc) is 3.26. The van der Waals surface area contributed by atoms with Crippen LogP contribution in [0.1, 0.15) is 18.2 Å². The molecule has 0 unspecified atom stereocenters. The lowest BCUT2D eigenvalue weighted by Crippen LogP contribution is -2.49. The highest BCUT2D eigenvalue weighted by Crippen LogP contribution is 2.27. The third-order valence-corrected chi connectivity index (χ3v) is 6.31. The number of benzene rings is 2. The van der Waals surface area contributed by atoms with Gasteiger partial charge < -0.3 is 15.0 Å². The number of carbonyl (C=O) groups is 2. The topological polar surface area (TPSA) is 89.4 Å². The Morgan fingerprint density at radius 2 is 1.89 bits per heavy atom. The van der Waals surface area contributed by atoms with Crippen LogP contribution in [0.4, 0.5) is 5.69 Å². The molecule has 36 heavy (non-hydrogen) atoms. The van der Waals surface area contributed by atoms with Crippen molar-refractivity contribution < 1.29 is 14.3 Å². The summed E-state index contributed by atoms with van der Waals surface area (Å²) in [6.45, 7) is 1.96. The molecule has 186 valence electrons. The maximum absolute atomic E-state index is 13.5. The number of pyridine rings is 1. The van der Waals surface area contributed by atoms with Crippen molar-refractivity contribution in [2.24, 2.45) is 0 Å². The van der Waals surface area contributed by atoms with E-state index in [0.717, 1.165) is 22.2 Å². The normalized spacial score (nSPS) is 11.8. The van der Waals surface area contributed by atoms with E-state index in [-0.39, 0.29) is 18.4 Å². The Hall–Kier alpha value is -3.91. The van der Waals surface area contributed by atoms with Crippen molar-refractivity contribution in [3.63, 3.8) is 0 Å². The van der Waals surface area contributed by atoms with E-state index >= 15 is 0 Å². The van der Waals surface area contributed by atoms with Gasteiger partial charge in [0, 0.05) is 24.9 Å². The fourth-order valence-electron chi connectivity index (χ4n) is 4.11. The quantitative estimate of drug-likeness (QED) is 0.371. The van der Waals surface area contributed by atoms with Gasteiger partial charge in [-0.05, 0) is 30.2 Å². The molecule has 0 radical (unpaired) electrons. The Bertz CT molecular complexity index is 1360. The Morgan fingerprint density at radius 3 is 2.56 bits per heavy atom. The molecule has 2 aromatic heterocycles. The maximum Gasteiger partial charge on any atom is 0.249 e. The predicted octanol–water partition coefficient (Wildman–Crippen LogP) is 4.05. The number of nitrogens with zero attached hydrogens (tertiary/aromatic N) is 4. The Labute approximate surface area is 214 Å². The summed E-state index contributed by atoms with van der Waals surface area (Å²) in [7, 11) is 3.19. The van der Waals surface area contributed by atoms with E-state index < -0.39 is 6.04 Å². The molecule has 1 N–H and O–H groups in total. The van der Waals surface area contributed by atoms with Gasteiger partial charge in [-0.25, -0.2) is 4.98 Å². The van der Waals surface area contributed by atoms with Crippen molar-refractivity contribution in [2.75, 3.05) is 19.1 Å². The molecule has 2 aromatic carbocycles. The number of likely N-dealkylation sites (N-methyl/N-ethyl adjacent to an activating group) is 1. The van der Waals surface area contributed by atoms with Crippen LogP contribution in [0.2, 0.25) is 5.02 Å². The monoisotopic (exact) mass is 505 g/mol. The van der Waals surface area contributed by atoms with Gasteiger partial charge in [-0.3, -0.25) is 14.3 Å². The number of hydrogen-bond donors (Lipinski definition) is 1. The van der Waals surface area contributed by atoms with Crippen LogP contribution < -0.4 is 15.0 Å². The van der Waals surface area contributed by atoms with E-state index in [1.54, 1.807) is 30.1 Å². The minimum Gasteiger partial charge on any atom is -0.481 e. The van der Waals surface area contributed by atoms with Crippen molar-refractivity contribution >= 4 is 40.0 Å². The number of halogens is 1. The SMILES string of the molecule is CCc1nn(CC(=O)N[C@@H](Cc2ccccc2)C(=O)N(C)c2ccc(OC)nc2)c2cccc(Cl)c12. The summed E-state index contributed by atoms with van der Waals surface area (Å²) in [6, 6.07) is 17.8.